The topological polar surface area (TPSA) is 48.0 Å². The van der Waals surface area contributed by atoms with Gasteiger partial charge in [0.2, 0.25) is 0 Å². The Bertz CT molecular complexity index is 1180. The number of carbonyl (C=O) groups is 1. The zero-order valence-corrected chi connectivity index (χ0v) is 21.4. The van der Waals surface area contributed by atoms with E-state index in [1.807, 2.05) is 91.9 Å². The van der Waals surface area contributed by atoms with Crippen molar-refractivity contribution in [1.29, 1.82) is 0 Å². The summed E-state index contributed by atoms with van der Waals surface area (Å²) in [6.45, 7) is 3.46. The monoisotopic (exact) mass is 495 g/mol. The van der Waals surface area contributed by atoms with E-state index in [0.29, 0.717) is 26.1 Å². The van der Waals surface area contributed by atoms with Crippen LogP contribution in [0.25, 0.3) is 0 Å². The molecule has 190 valence electrons. The van der Waals surface area contributed by atoms with Crippen LogP contribution in [0.5, 0.6) is 17.2 Å². The third-order valence-corrected chi connectivity index (χ3v) is 6.10. The van der Waals surface area contributed by atoms with Gasteiger partial charge in [0.15, 0.2) is 0 Å². The number of nitrogens with zero attached hydrogens (tertiary/aromatic N) is 1. The molecular formula is C32H33NO4. The van der Waals surface area contributed by atoms with Gasteiger partial charge in [-0.2, -0.15) is 0 Å². The predicted octanol–water partition coefficient (Wildman–Crippen LogP) is 6.66. The molecule has 0 aromatic heterocycles. The van der Waals surface area contributed by atoms with Gasteiger partial charge in [-0.05, 0) is 66.4 Å². The summed E-state index contributed by atoms with van der Waals surface area (Å²) in [5, 5.41) is 0. The van der Waals surface area contributed by atoms with E-state index in [4.69, 9.17) is 14.2 Å². The molecule has 0 heterocycles. The van der Waals surface area contributed by atoms with Crippen LogP contribution in [0, 0.1) is 0 Å². The van der Waals surface area contributed by atoms with E-state index >= 15 is 0 Å². The summed E-state index contributed by atoms with van der Waals surface area (Å²) in [6.07, 6.45) is 0.529. The summed E-state index contributed by atoms with van der Waals surface area (Å²) in [5.74, 6) is 2.03. The Morgan fingerprint density at radius 3 is 1.65 bits per heavy atom. The molecule has 0 saturated heterocycles. The van der Waals surface area contributed by atoms with Crippen molar-refractivity contribution in [3.63, 3.8) is 0 Å². The van der Waals surface area contributed by atoms with Gasteiger partial charge in [0, 0.05) is 13.1 Å². The Morgan fingerprint density at radius 2 is 1.16 bits per heavy atom. The maximum Gasteiger partial charge on any atom is 0.323 e. The second-order valence-corrected chi connectivity index (χ2v) is 8.77. The van der Waals surface area contributed by atoms with Crippen LogP contribution >= 0.6 is 0 Å². The third kappa shape index (κ3) is 7.69. The van der Waals surface area contributed by atoms with E-state index in [9.17, 15) is 4.79 Å². The summed E-state index contributed by atoms with van der Waals surface area (Å²) in [6, 6.07) is 35.4. The lowest BCUT2D eigenvalue weighted by atomic mass is 10.0. The minimum atomic E-state index is -0.436. The van der Waals surface area contributed by atoms with Crippen LogP contribution in [-0.2, 0) is 29.0 Å². The van der Waals surface area contributed by atoms with Gasteiger partial charge in [-0.1, -0.05) is 72.8 Å². The Balaban J connectivity index is 1.54. The van der Waals surface area contributed by atoms with E-state index in [2.05, 4.69) is 29.2 Å². The zero-order valence-electron chi connectivity index (χ0n) is 21.4. The molecule has 37 heavy (non-hydrogen) atoms. The van der Waals surface area contributed by atoms with Crippen molar-refractivity contribution in [2.45, 2.75) is 32.5 Å². The van der Waals surface area contributed by atoms with E-state index in [1.54, 1.807) is 7.11 Å². The van der Waals surface area contributed by atoms with Gasteiger partial charge in [0.05, 0.1) is 13.7 Å². The molecule has 0 N–H and O–H groups in total. The molecule has 0 aliphatic carbocycles. The fraction of sp³-hybridized carbons (Fsp3) is 0.219. The van der Waals surface area contributed by atoms with Crippen molar-refractivity contribution < 1.29 is 19.0 Å². The van der Waals surface area contributed by atoms with Gasteiger partial charge in [-0.3, -0.25) is 9.69 Å². The maximum absolute atomic E-state index is 13.2. The normalized spacial score (nSPS) is 11.6. The minimum absolute atomic E-state index is 0.215. The number of hydrogen-bond donors (Lipinski definition) is 0. The summed E-state index contributed by atoms with van der Waals surface area (Å²) >= 11 is 0. The van der Waals surface area contributed by atoms with Gasteiger partial charge in [0.1, 0.15) is 23.3 Å². The highest BCUT2D eigenvalue weighted by Gasteiger charge is 2.28. The van der Waals surface area contributed by atoms with E-state index < -0.39 is 6.04 Å². The Morgan fingerprint density at radius 1 is 0.676 bits per heavy atom. The lowest BCUT2D eigenvalue weighted by Gasteiger charge is -2.30. The third-order valence-electron chi connectivity index (χ3n) is 6.10. The molecule has 0 aliphatic heterocycles. The molecule has 4 aromatic carbocycles. The maximum atomic E-state index is 13.2. The number of carbonyl (C=O) groups excluding carboxylic acids is 1. The highest BCUT2D eigenvalue weighted by atomic mass is 16.5. The fourth-order valence-corrected chi connectivity index (χ4v) is 4.21. The molecular weight excluding hydrogens is 462 g/mol. The first kappa shape index (κ1) is 26.0. The standard InChI is InChI=1S/C32H33NO4/c1-3-36-32(34)31(33(23-26-10-6-4-7-11-26)24-27-12-8-5-9-13-27)22-25-14-16-29(17-15-25)37-30-20-18-28(35-2)19-21-30/h4-21,31H,3,22-24H2,1-2H3/t31-/m0/s1. The number of benzene rings is 4. The minimum Gasteiger partial charge on any atom is -0.497 e. The molecule has 0 bridgehead atoms. The van der Waals surface area contributed by atoms with Crippen molar-refractivity contribution in [3.8, 4) is 17.2 Å². The number of methoxy groups -OCH3 is 1. The first-order valence-electron chi connectivity index (χ1n) is 12.5. The second kappa shape index (κ2) is 13.3. The molecule has 0 radical (unpaired) electrons. The van der Waals surface area contributed by atoms with Gasteiger partial charge in [-0.15, -0.1) is 0 Å². The van der Waals surface area contributed by atoms with Crippen LogP contribution in [0.1, 0.15) is 23.6 Å². The average molecular weight is 496 g/mol. The average Bonchev–Trinajstić information content (AvgIpc) is 2.94. The van der Waals surface area contributed by atoms with Crippen LogP contribution in [0.15, 0.2) is 109 Å². The molecule has 0 saturated carbocycles. The number of rotatable bonds is 12. The summed E-state index contributed by atoms with van der Waals surface area (Å²) in [4.78, 5) is 15.4. The van der Waals surface area contributed by atoms with E-state index in [1.165, 1.54) is 0 Å². The highest BCUT2D eigenvalue weighted by Crippen LogP contribution is 2.25. The Hall–Kier alpha value is -4.09. The quantitative estimate of drug-likeness (QED) is 0.206. The molecule has 5 heteroatoms. The van der Waals surface area contributed by atoms with Crippen LogP contribution in [0.2, 0.25) is 0 Å². The number of ether oxygens (including phenoxy) is 3. The molecule has 4 rings (SSSR count). The summed E-state index contributed by atoms with van der Waals surface area (Å²) < 4.78 is 16.7. The lowest BCUT2D eigenvalue weighted by molar-refractivity contribution is -0.150. The molecule has 0 fully saturated rings. The molecule has 0 amide bonds. The van der Waals surface area contributed by atoms with Crippen molar-refractivity contribution in [2.75, 3.05) is 13.7 Å². The first-order chi connectivity index (χ1) is 18.1. The molecule has 0 unspecified atom stereocenters. The molecule has 5 nitrogen and oxygen atoms in total. The first-order valence-corrected chi connectivity index (χ1v) is 12.5. The highest BCUT2D eigenvalue weighted by molar-refractivity contribution is 5.76. The Kier molecular flexibility index (Phi) is 9.33. The summed E-state index contributed by atoms with van der Waals surface area (Å²) in [7, 11) is 1.64. The molecule has 4 aromatic rings. The number of hydrogen-bond acceptors (Lipinski definition) is 5. The summed E-state index contributed by atoms with van der Waals surface area (Å²) in [5.41, 5.74) is 3.33. The second-order valence-electron chi connectivity index (χ2n) is 8.77. The molecule has 1 atom stereocenters. The van der Waals surface area contributed by atoms with Gasteiger partial charge >= 0.3 is 5.97 Å². The lowest BCUT2D eigenvalue weighted by Crippen LogP contribution is -2.43. The van der Waals surface area contributed by atoms with E-state index in [-0.39, 0.29) is 5.97 Å². The van der Waals surface area contributed by atoms with Gasteiger partial charge in [0.25, 0.3) is 0 Å². The largest absolute Gasteiger partial charge is 0.497 e. The van der Waals surface area contributed by atoms with E-state index in [0.717, 1.165) is 33.9 Å². The zero-order chi connectivity index (χ0) is 25.9. The van der Waals surface area contributed by atoms with Crippen LogP contribution < -0.4 is 9.47 Å². The van der Waals surface area contributed by atoms with Crippen molar-refractivity contribution in [1.82, 2.24) is 4.90 Å². The molecule has 0 spiro atoms. The van der Waals surface area contributed by atoms with Crippen molar-refractivity contribution in [3.05, 3.63) is 126 Å². The number of esters is 1. The van der Waals surface area contributed by atoms with Crippen LogP contribution in [0.3, 0.4) is 0 Å². The smallest absolute Gasteiger partial charge is 0.323 e. The van der Waals surface area contributed by atoms with Crippen molar-refractivity contribution >= 4 is 5.97 Å². The SMILES string of the molecule is CCOC(=O)[C@H](Cc1ccc(Oc2ccc(OC)cc2)cc1)N(Cc1ccccc1)Cc1ccccc1. The van der Waals surface area contributed by atoms with Gasteiger partial charge < -0.3 is 14.2 Å². The van der Waals surface area contributed by atoms with Gasteiger partial charge in [-0.25, -0.2) is 0 Å². The predicted molar refractivity (Wildman–Crippen MR) is 146 cm³/mol. The van der Waals surface area contributed by atoms with Crippen molar-refractivity contribution in [2.24, 2.45) is 0 Å². The van der Waals surface area contributed by atoms with Crippen LogP contribution in [0.4, 0.5) is 0 Å². The molecule has 0 aliphatic rings. The van der Waals surface area contributed by atoms with Crippen LogP contribution in [-0.4, -0.2) is 30.6 Å². The fourth-order valence-electron chi connectivity index (χ4n) is 4.21. The Labute approximate surface area is 219 Å².